The van der Waals surface area contributed by atoms with E-state index >= 15 is 0 Å². The molecule has 2 atom stereocenters. The standard InChI is InChI=1S/C14H19FN6OS/c1-9-12(23-8-17-9)6-21-4-10(15)3-11(21)5-20(2)14(22)13-16-7-18-19-13/h7-8,10-11H,3-6H2,1-2H3,(H,16,18,19)/t10-,11-/m0/s1. The van der Waals surface area contributed by atoms with E-state index in [9.17, 15) is 9.18 Å². The van der Waals surface area contributed by atoms with Gasteiger partial charge in [-0.25, -0.2) is 14.4 Å². The molecule has 1 amide bonds. The molecule has 0 bridgehead atoms. The summed E-state index contributed by atoms with van der Waals surface area (Å²) in [6.07, 6.45) is 0.876. The van der Waals surface area contributed by atoms with E-state index in [1.807, 2.05) is 12.4 Å². The van der Waals surface area contributed by atoms with Gasteiger partial charge in [-0.05, 0) is 13.3 Å². The first-order valence-electron chi connectivity index (χ1n) is 7.42. The second kappa shape index (κ2) is 6.71. The smallest absolute Gasteiger partial charge is 0.290 e. The predicted octanol–water partition coefficient (Wildman–Crippen LogP) is 1.25. The second-order valence-electron chi connectivity index (χ2n) is 5.80. The molecule has 2 aromatic heterocycles. The molecule has 23 heavy (non-hydrogen) atoms. The number of aromatic amines is 1. The van der Waals surface area contributed by atoms with E-state index in [1.165, 1.54) is 6.33 Å². The van der Waals surface area contributed by atoms with Crippen LogP contribution in [0.4, 0.5) is 4.39 Å². The lowest BCUT2D eigenvalue weighted by Crippen LogP contribution is -2.41. The zero-order chi connectivity index (χ0) is 16.4. The Morgan fingerprint density at radius 1 is 1.57 bits per heavy atom. The van der Waals surface area contributed by atoms with E-state index in [0.29, 0.717) is 26.1 Å². The molecule has 2 aromatic rings. The number of hydrogen-bond acceptors (Lipinski definition) is 6. The number of carbonyl (C=O) groups is 1. The lowest BCUT2D eigenvalue weighted by molar-refractivity contribution is 0.0738. The van der Waals surface area contributed by atoms with Crippen molar-refractivity contribution >= 4 is 17.2 Å². The lowest BCUT2D eigenvalue weighted by atomic mass is 10.2. The highest BCUT2D eigenvalue weighted by Crippen LogP contribution is 2.25. The Morgan fingerprint density at radius 3 is 3.04 bits per heavy atom. The fourth-order valence-electron chi connectivity index (χ4n) is 2.86. The Labute approximate surface area is 137 Å². The van der Waals surface area contributed by atoms with Gasteiger partial charge in [-0.2, -0.15) is 5.10 Å². The summed E-state index contributed by atoms with van der Waals surface area (Å²) in [4.78, 5) is 25.1. The minimum atomic E-state index is -0.859. The Balaban J connectivity index is 1.65. The number of alkyl halides is 1. The fraction of sp³-hybridized carbons (Fsp3) is 0.571. The average Bonchev–Trinajstić information content (AvgIpc) is 3.23. The van der Waals surface area contributed by atoms with Crippen LogP contribution in [-0.2, 0) is 6.54 Å². The Bertz CT molecular complexity index is 660. The number of nitrogens with one attached hydrogen (secondary N) is 1. The van der Waals surface area contributed by atoms with Crippen molar-refractivity contribution in [3.05, 3.63) is 28.2 Å². The largest absolute Gasteiger partial charge is 0.337 e. The van der Waals surface area contributed by atoms with Crippen molar-refractivity contribution in [1.82, 2.24) is 30.0 Å². The van der Waals surface area contributed by atoms with E-state index in [2.05, 4.69) is 25.1 Å². The van der Waals surface area contributed by atoms with Gasteiger partial charge in [0.25, 0.3) is 5.91 Å². The number of thiazole rings is 1. The zero-order valence-electron chi connectivity index (χ0n) is 13.1. The Kier molecular flexibility index (Phi) is 4.67. The first-order chi connectivity index (χ1) is 11.0. The van der Waals surface area contributed by atoms with Gasteiger partial charge in [0, 0.05) is 37.6 Å². The zero-order valence-corrected chi connectivity index (χ0v) is 13.9. The topological polar surface area (TPSA) is 78.0 Å². The van der Waals surface area contributed by atoms with Crippen molar-refractivity contribution in [3.8, 4) is 0 Å². The number of nitrogens with zero attached hydrogens (tertiary/aromatic N) is 5. The van der Waals surface area contributed by atoms with Crippen molar-refractivity contribution < 1.29 is 9.18 Å². The van der Waals surface area contributed by atoms with E-state index < -0.39 is 6.17 Å². The summed E-state index contributed by atoms with van der Waals surface area (Å²) in [6.45, 7) is 3.49. The summed E-state index contributed by atoms with van der Waals surface area (Å²) in [5.41, 5.74) is 2.80. The molecule has 0 aliphatic carbocycles. The number of likely N-dealkylation sites (tertiary alicyclic amines) is 1. The van der Waals surface area contributed by atoms with Gasteiger partial charge in [-0.15, -0.1) is 11.3 Å². The number of amides is 1. The van der Waals surface area contributed by atoms with Crippen molar-refractivity contribution in [1.29, 1.82) is 0 Å². The molecule has 1 saturated heterocycles. The molecule has 1 aliphatic heterocycles. The quantitative estimate of drug-likeness (QED) is 0.888. The van der Waals surface area contributed by atoms with Gasteiger partial charge in [-0.3, -0.25) is 14.8 Å². The maximum absolute atomic E-state index is 13.9. The van der Waals surface area contributed by atoms with Crippen LogP contribution in [-0.4, -0.2) is 68.2 Å². The molecule has 3 heterocycles. The third kappa shape index (κ3) is 3.56. The number of hydrogen-bond donors (Lipinski definition) is 1. The second-order valence-corrected chi connectivity index (χ2v) is 6.74. The molecule has 0 aromatic carbocycles. The van der Waals surface area contributed by atoms with Crippen LogP contribution in [0.5, 0.6) is 0 Å². The highest BCUT2D eigenvalue weighted by atomic mass is 32.1. The molecule has 9 heteroatoms. The summed E-state index contributed by atoms with van der Waals surface area (Å²) in [5.74, 6) is -0.0362. The van der Waals surface area contributed by atoms with Crippen LogP contribution in [0.25, 0.3) is 0 Å². The third-order valence-corrected chi connectivity index (χ3v) is 5.04. The highest BCUT2D eigenvalue weighted by Gasteiger charge is 2.34. The third-order valence-electron chi connectivity index (χ3n) is 4.12. The SMILES string of the molecule is Cc1ncsc1CN1C[C@@H](F)C[C@H]1CN(C)C(=O)c1ncn[nH]1. The van der Waals surface area contributed by atoms with Gasteiger partial charge in [0.15, 0.2) is 0 Å². The molecule has 3 rings (SSSR count). The van der Waals surface area contributed by atoms with E-state index in [0.717, 1.165) is 10.6 Å². The summed E-state index contributed by atoms with van der Waals surface area (Å²) in [7, 11) is 1.70. The molecule has 1 aliphatic rings. The molecule has 1 fully saturated rings. The number of carbonyl (C=O) groups excluding carboxylic acids is 1. The Hall–Kier alpha value is -1.87. The van der Waals surface area contributed by atoms with Gasteiger partial charge in [0.2, 0.25) is 5.82 Å². The molecular formula is C14H19FN6OS. The molecule has 0 radical (unpaired) electrons. The van der Waals surface area contributed by atoms with Gasteiger partial charge >= 0.3 is 0 Å². The fourth-order valence-corrected chi connectivity index (χ4v) is 3.66. The number of aromatic nitrogens is 4. The van der Waals surface area contributed by atoms with Gasteiger partial charge < -0.3 is 4.90 Å². The summed E-state index contributed by atoms with van der Waals surface area (Å²) >= 11 is 1.58. The first-order valence-corrected chi connectivity index (χ1v) is 8.30. The molecule has 0 saturated carbocycles. The van der Waals surface area contributed by atoms with Crippen molar-refractivity contribution in [2.45, 2.75) is 32.1 Å². The maximum Gasteiger partial charge on any atom is 0.290 e. The number of halogens is 1. The summed E-state index contributed by atoms with van der Waals surface area (Å²) in [5, 5.41) is 6.24. The molecule has 124 valence electrons. The van der Waals surface area contributed by atoms with Crippen molar-refractivity contribution in [3.63, 3.8) is 0 Å². The van der Waals surface area contributed by atoms with Crippen LogP contribution >= 0.6 is 11.3 Å². The van der Waals surface area contributed by atoms with E-state index in [4.69, 9.17) is 0 Å². The minimum Gasteiger partial charge on any atom is -0.337 e. The summed E-state index contributed by atoms with van der Waals surface area (Å²) < 4.78 is 13.9. The maximum atomic E-state index is 13.9. The number of aryl methyl sites for hydroxylation is 1. The van der Waals surface area contributed by atoms with E-state index in [1.54, 1.807) is 23.3 Å². The molecule has 1 N–H and O–H groups in total. The highest BCUT2D eigenvalue weighted by molar-refractivity contribution is 7.09. The van der Waals surface area contributed by atoms with Crippen LogP contribution < -0.4 is 0 Å². The van der Waals surface area contributed by atoms with Crippen LogP contribution in [0.1, 0.15) is 27.6 Å². The van der Waals surface area contributed by atoms with Crippen LogP contribution in [0.2, 0.25) is 0 Å². The number of rotatable bonds is 5. The van der Waals surface area contributed by atoms with Crippen LogP contribution in [0, 0.1) is 6.92 Å². The van der Waals surface area contributed by atoms with Crippen LogP contribution in [0.3, 0.4) is 0 Å². The first kappa shape index (κ1) is 16.0. The molecular weight excluding hydrogens is 319 g/mol. The van der Waals surface area contributed by atoms with Crippen molar-refractivity contribution in [2.24, 2.45) is 0 Å². The molecule has 0 spiro atoms. The minimum absolute atomic E-state index is 0.0108. The van der Waals surface area contributed by atoms with E-state index in [-0.39, 0.29) is 17.8 Å². The lowest BCUT2D eigenvalue weighted by Gasteiger charge is -2.27. The molecule has 7 nitrogen and oxygen atoms in total. The normalized spacial score (nSPS) is 21.7. The van der Waals surface area contributed by atoms with Gasteiger partial charge in [-0.1, -0.05) is 0 Å². The monoisotopic (exact) mass is 338 g/mol. The number of likely N-dealkylation sites (N-methyl/N-ethyl adjacent to an activating group) is 1. The Morgan fingerprint density at radius 2 is 2.39 bits per heavy atom. The number of H-pyrrole nitrogens is 1. The van der Waals surface area contributed by atoms with Crippen molar-refractivity contribution in [2.75, 3.05) is 20.1 Å². The van der Waals surface area contributed by atoms with Gasteiger partial charge in [0.05, 0.1) is 11.2 Å². The predicted molar refractivity (Wildman–Crippen MR) is 83.9 cm³/mol. The van der Waals surface area contributed by atoms with Gasteiger partial charge in [0.1, 0.15) is 12.5 Å². The van der Waals surface area contributed by atoms with Crippen LogP contribution in [0.15, 0.2) is 11.8 Å². The average molecular weight is 338 g/mol. The summed E-state index contributed by atoms with van der Waals surface area (Å²) in [6, 6.07) is -0.0108. The molecule has 0 unspecified atom stereocenters.